The van der Waals surface area contributed by atoms with Gasteiger partial charge >= 0.3 is 0 Å². The van der Waals surface area contributed by atoms with Gasteiger partial charge in [-0.3, -0.25) is 0 Å². The van der Waals surface area contributed by atoms with Crippen LogP contribution in [0, 0.1) is 6.92 Å². The molecule has 1 heterocycles. The van der Waals surface area contributed by atoms with Crippen LogP contribution in [-0.2, 0) is 5.75 Å². The minimum atomic E-state index is 0.784. The average molecular weight is 380 g/mol. The molecular weight excluding hydrogens is 354 g/mol. The quantitative estimate of drug-likeness (QED) is 0.424. The van der Waals surface area contributed by atoms with Gasteiger partial charge in [-0.15, -0.1) is 10.2 Å². The molecule has 0 aliphatic rings. The lowest BCUT2D eigenvalue weighted by Gasteiger charge is -2.20. The fourth-order valence-electron chi connectivity index (χ4n) is 2.71. The minimum Gasteiger partial charge on any atom is -0.372 e. The smallest absolute Gasteiger partial charge is 0.212 e. The molecule has 0 N–H and O–H groups in total. The molecule has 0 unspecified atom stereocenters. The van der Waals surface area contributed by atoms with E-state index in [1.54, 1.807) is 22.8 Å². The van der Waals surface area contributed by atoms with E-state index in [1.807, 2.05) is 6.21 Å². The third-order valence-corrected chi connectivity index (χ3v) is 5.35. The molecule has 0 amide bonds. The monoisotopic (exact) mass is 379 g/mol. The predicted molar refractivity (Wildman–Crippen MR) is 114 cm³/mol. The first-order valence-electron chi connectivity index (χ1n) is 9.17. The van der Waals surface area contributed by atoms with Gasteiger partial charge in [0.05, 0.1) is 6.21 Å². The topological polar surface area (TPSA) is 46.3 Å². The largest absolute Gasteiger partial charge is 0.372 e. The van der Waals surface area contributed by atoms with Crippen LogP contribution < -0.4 is 4.90 Å². The molecule has 2 aromatic carbocycles. The van der Waals surface area contributed by atoms with Crippen molar-refractivity contribution in [3.8, 4) is 0 Å². The zero-order valence-corrected chi connectivity index (χ0v) is 16.9. The maximum atomic E-state index is 4.51. The van der Waals surface area contributed by atoms with Crippen molar-refractivity contribution in [2.75, 3.05) is 18.0 Å². The summed E-state index contributed by atoms with van der Waals surface area (Å²) in [7, 11) is 0. The molecular formula is C21H25N5S. The second-order valence-corrected chi connectivity index (χ2v) is 7.18. The highest BCUT2D eigenvalue weighted by Crippen LogP contribution is 2.21. The summed E-state index contributed by atoms with van der Waals surface area (Å²) < 4.78 is 1.72. The van der Waals surface area contributed by atoms with Gasteiger partial charge in [-0.1, -0.05) is 53.7 Å². The van der Waals surface area contributed by atoms with E-state index in [0.717, 1.165) is 29.6 Å². The van der Waals surface area contributed by atoms with Crippen molar-refractivity contribution in [1.29, 1.82) is 0 Å². The van der Waals surface area contributed by atoms with Crippen LogP contribution in [0.5, 0.6) is 0 Å². The summed E-state index contributed by atoms with van der Waals surface area (Å²) >= 11 is 1.63. The van der Waals surface area contributed by atoms with Gasteiger partial charge in [0.25, 0.3) is 0 Å². The minimum absolute atomic E-state index is 0.784. The van der Waals surface area contributed by atoms with E-state index < -0.39 is 0 Å². The molecule has 0 saturated carbocycles. The first-order chi connectivity index (χ1) is 13.2. The normalized spacial score (nSPS) is 11.2. The molecule has 140 valence electrons. The summed E-state index contributed by atoms with van der Waals surface area (Å²) in [5, 5.41) is 13.5. The second kappa shape index (κ2) is 9.37. The molecule has 0 saturated heterocycles. The Kier molecular flexibility index (Phi) is 6.65. The Morgan fingerprint density at radius 2 is 1.74 bits per heavy atom. The Morgan fingerprint density at radius 3 is 2.41 bits per heavy atom. The van der Waals surface area contributed by atoms with Crippen molar-refractivity contribution >= 4 is 23.7 Å². The van der Waals surface area contributed by atoms with Gasteiger partial charge in [0, 0.05) is 24.5 Å². The van der Waals surface area contributed by atoms with Crippen LogP contribution in [0.4, 0.5) is 5.69 Å². The second-order valence-electron chi connectivity index (χ2n) is 6.24. The number of aromatic nitrogens is 3. The summed E-state index contributed by atoms with van der Waals surface area (Å²) in [5.41, 5.74) is 4.81. The molecule has 0 aliphatic carbocycles. The highest BCUT2D eigenvalue weighted by molar-refractivity contribution is 7.98. The van der Waals surface area contributed by atoms with Crippen molar-refractivity contribution in [3.63, 3.8) is 0 Å². The summed E-state index contributed by atoms with van der Waals surface area (Å²) in [6.45, 7) is 8.44. The Morgan fingerprint density at radius 1 is 1.04 bits per heavy atom. The molecule has 0 radical (unpaired) electrons. The van der Waals surface area contributed by atoms with Crippen molar-refractivity contribution in [2.24, 2.45) is 5.10 Å². The Bertz CT molecular complexity index is 864. The molecule has 0 aliphatic heterocycles. The number of nitrogens with zero attached hydrogens (tertiary/aromatic N) is 5. The standard InChI is InChI=1S/C21H25N5S/c1-4-25(5-2)20-12-10-18(11-13-20)14-23-26-16-22-24-21(26)27-15-19-8-6-17(3)7-9-19/h6-14,16H,4-5,15H2,1-3H3/b23-14-. The molecule has 5 nitrogen and oxygen atoms in total. The highest BCUT2D eigenvalue weighted by atomic mass is 32.2. The maximum absolute atomic E-state index is 4.51. The molecule has 3 rings (SSSR count). The van der Waals surface area contributed by atoms with Crippen LogP contribution >= 0.6 is 11.8 Å². The third kappa shape index (κ3) is 5.20. The Labute approximate surface area is 165 Å². The lowest BCUT2D eigenvalue weighted by atomic mass is 10.2. The number of benzene rings is 2. The van der Waals surface area contributed by atoms with Gasteiger partial charge in [0.2, 0.25) is 5.16 Å². The number of hydrogen-bond acceptors (Lipinski definition) is 5. The molecule has 0 bridgehead atoms. The van der Waals surface area contributed by atoms with Crippen LogP contribution in [0.3, 0.4) is 0 Å². The van der Waals surface area contributed by atoms with Gasteiger partial charge in [-0.05, 0) is 44.0 Å². The summed E-state index contributed by atoms with van der Waals surface area (Å²) in [6, 6.07) is 17.0. The van der Waals surface area contributed by atoms with E-state index in [-0.39, 0.29) is 0 Å². The van der Waals surface area contributed by atoms with E-state index >= 15 is 0 Å². The first kappa shape index (κ1) is 19.2. The zero-order chi connectivity index (χ0) is 19.1. The van der Waals surface area contributed by atoms with Crippen LogP contribution in [0.25, 0.3) is 0 Å². The van der Waals surface area contributed by atoms with Crippen LogP contribution in [-0.4, -0.2) is 34.2 Å². The predicted octanol–water partition coefficient (Wildman–Crippen LogP) is 4.61. The van der Waals surface area contributed by atoms with Crippen LogP contribution in [0.15, 0.2) is 65.1 Å². The number of thioether (sulfide) groups is 1. The molecule has 0 spiro atoms. The molecule has 1 aromatic heterocycles. The van der Waals surface area contributed by atoms with Crippen LogP contribution in [0.1, 0.15) is 30.5 Å². The fraction of sp³-hybridized carbons (Fsp3) is 0.286. The van der Waals surface area contributed by atoms with Crippen molar-refractivity contribution in [2.45, 2.75) is 31.7 Å². The Hall–Kier alpha value is -2.60. The van der Waals surface area contributed by atoms with E-state index in [1.165, 1.54) is 16.8 Å². The fourth-order valence-corrected chi connectivity index (χ4v) is 3.53. The van der Waals surface area contributed by atoms with Crippen molar-refractivity contribution in [1.82, 2.24) is 14.9 Å². The molecule has 0 fully saturated rings. The average Bonchev–Trinajstić information content (AvgIpc) is 3.15. The van der Waals surface area contributed by atoms with Crippen molar-refractivity contribution < 1.29 is 0 Å². The van der Waals surface area contributed by atoms with Gasteiger partial charge in [-0.25, -0.2) is 0 Å². The number of rotatable bonds is 8. The first-order valence-corrected chi connectivity index (χ1v) is 10.2. The van der Waals surface area contributed by atoms with Gasteiger partial charge in [0.15, 0.2) is 0 Å². The third-order valence-electron chi connectivity index (χ3n) is 4.34. The lowest BCUT2D eigenvalue weighted by molar-refractivity contribution is 0.767. The van der Waals surface area contributed by atoms with Gasteiger partial charge in [-0.2, -0.15) is 9.78 Å². The van der Waals surface area contributed by atoms with E-state index in [2.05, 4.69) is 89.5 Å². The highest BCUT2D eigenvalue weighted by Gasteiger charge is 2.05. The summed E-state index contributed by atoms with van der Waals surface area (Å²) in [4.78, 5) is 2.32. The molecule has 27 heavy (non-hydrogen) atoms. The Balaban J connectivity index is 1.64. The molecule has 3 aromatic rings. The van der Waals surface area contributed by atoms with Crippen molar-refractivity contribution in [3.05, 3.63) is 71.5 Å². The van der Waals surface area contributed by atoms with E-state index in [9.17, 15) is 0 Å². The van der Waals surface area contributed by atoms with E-state index in [4.69, 9.17) is 0 Å². The summed E-state index contributed by atoms with van der Waals surface area (Å²) in [6.07, 6.45) is 3.48. The van der Waals surface area contributed by atoms with Gasteiger partial charge < -0.3 is 4.90 Å². The SMILES string of the molecule is CCN(CC)c1ccc(/C=N\n2cnnc2SCc2ccc(C)cc2)cc1. The summed E-state index contributed by atoms with van der Waals surface area (Å²) in [5.74, 6) is 0.840. The number of hydrogen-bond donors (Lipinski definition) is 0. The van der Waals surface area contributed by atoms with E-state index in [0.29, 0.717) is 0 Å². The maximum Gasteiger partial charge on any atom is 0.212 e. The molecule has 6 heteroatoms. The zero-order valence-electron chi connectivity index (χ0n) is 16.0. The number of anilines is 1. The number of aryl methyl sites for hydroxylation is 1. The molecule has 0 atom stereocenters. The lowest BCUT2D eigenvalue weighted by Crippen LogP contribution is -2.21. The van der Waals surface area contributed by atoms with Gasteiger partial charge in [0.1, 0.15) is 6.33 Å². The van der Waals surface area contributed by atoms with Crippen LogP contribution in [0.2, 0.25) is 0 Å².